The van der Waals surface area contributed by atoms with Gasteiger partial charge in [0.05, 0.1) is 58.3 Å². The SMILES string of the molecule is CC1=CN2c3cc(F)cc(F)c3CC2N1C.CC1=CN2c3ccccc3CC2S1.CN1c2ccccc2N2c3ccncc3CC12.[C-]#[N+]c1c(C)cc2c(c1C)CC1N(C)c3ccccc3N21.[C-]#[N+]c1ccc2c(c1)CC1N(C)c3ccccc3N21. The Balaban J connectivity index is 0.0000000957. The number of hydrogen-bond donors (Lipinski definition) is 0. The van der Waals surface area contributed by atoms with Crippen molar-refractivity contribution in [2.45, 2.75) is 89.8 Å². The fourth-order valence-electron chi connectivity index (χ4n) is 14.5. The predicted molar refractivity (Wildman–Crippen MR) is 348 cm³/mol. The smallest absolute Gasteiger partial charge is 0.193 e. The van der Waals surface area contributed by atoms with Crippen molar-refractivity contribution in [1.82, 2.24) is 9.88 Å². The molecule has 11 heterocycles. The van der Waals surface area contributed by atoms with E-state index in [-0.39, 0.29) is 6.17 Å². The van der Waals surface area contributed by atoms with Crippen LogP contribution in [0.15, 0.2) is 175 Å². The lowest BCUT2D eigenvalue weighted by molar-refractivity contribution is 0.342. The highest BCUT2D eigenvalue weighted by Crippen LogP contribution is 2.54. The second-order valence-corrected chi connectivity index (χ2v) is 25.0. The molecule has 0 saturated carbocycles. The van der Waals surface area contributed by atoms with E-state index >= 15 is 0 Å². The summed E-state index contributed by atoms with van der Waals surface area (Å²) in [4.78, 5) is 33.6. The van der Waals surface area contributed by atoms with Crippen LogP contribution in [0, 0.1) is 38.6 Å². The summed E-state index contributed by atoms with van der Waals surface area (Å²) in [5.41, 5.74) is 24.6. The third-order valence-electron chi connectivity index (χ3n) is 18.9. The molecular weight excluding hydrogens is 1090 g/mol. The van der Waals surface area contributed by atoms with Crippen LogP contribution < -0.4 is 39.2 Å². The number of pyridine rings is 1. The van der Waals surface area contributed by atoms with E-state index in [4.69, 9.17) is 13.1 Å². The first-order chi connectivity index (χ1) is 41.7. The molecule has 10 aliphatic heterocycles. The topological polar surface area (TPSA) is 50.8 Å². The van der Waals surface area contributed by atoms with Crippen LogP contribution >= 0.6 is 11.8 Å². The fourth-order valence-corrected chi connectivity index (χ4v) is 15.7. The van der Waals surface area contributed by atoms with Gasteiger partial charge in [-0.05, 0) is 128 Å². The first kappa shape index (κ1) is 54.5. The minimum atomic E-state index is -0.516. The van der Waals surface area contributed by atoms with Crippen molar-refractivity contribution >= 4 is 85.7 Å². The highest BCUT2D eigenvalue weighted by Gasteiger charge is 2.44. The van der Waals surface area contributed by atoms with E-state index in [2.05, 4.69) is 210 Å². The third kappa shape index (κ3) is 8.76. The zero-order chi connectivity index (χ0) is 59.4. The summed E-state index contributed by atoms with van der Waals surface area (Å²) in [5.74, 6) is -0.957. The van der Waals surface area contributed by atoms with Crippen LogP contribution in [0.1, 0.15) is 52.8 Å². The van der Waals surface area contributed by atoms with E-state index < -0.39 is 11.6 Å². The Bertz CT molecular complexity index is 4220. The minimum Gasteiger partial charge on any atom is -0.356 e. The molecule has 0 radical (unpaired) electrons. The molecule has 1 aromatic heterocycles. The second-order valence-electron chi connectivity index (χ2n) is 23.6. The molecule has 5 unspecified atom stereocenters. The van der Waals surface area contributed by atoms with Crippen molar-refractivity contribution in [2.24, 2.45) is 0 Å². The average molecular weight is 1160 g/mol. The van der Waals surface area contributed by atoms with Crippen LogP contribution in [0.2, 0.25) is 0 Å². The molecule has 8 aromatic rings. The Morgan fingerprint density at radius 3 is 1.66 bits per heavy atom. The number of nitrogens with zero attached hydrogens (tertiary/aromatic N) is 12. The Morgan fingerprint density at radius 2 is 1.03 bits per heavy atom. The lowest BCUT2D eigenvalue weighted by Crippen LogP contribution is -2.36. The largest absolute Gasteiger partial charge is 0.356 e. The van der Waals surface area contributed by atoms with Crippen molar-refractivity contribution in [3.8, 4) is 0 Å². The molecule has 18 rings (SSSR count). The number of aryl methyl sites for hydroxylation is 1. The Morgan fingerprint density at radius 1 is 0.477 bits per heavy atom. The van der Waals surface area contributed by atoms with Gasteiger partial charge < -0.3 is 44.1 Å². The summed E-state index contributed by atoms with van der Waals surface area (Å²) in [7, 11) is 8.44. The van der Waals surface area contributed by atoms with Crippen molar-refractivity contribution in [3.05, 3.63) is 248 Å². The van der Waals surface area contributed by atoms with Gasteiger partial charge in [0.2, 0.25) is 0 Å². The van der Waals surface area contributed by atoms with Gasteiger partial charge in [0, 0.05) is 130 Å². The van der Waals surface area contributed by atoms with Crippen LogP contribution in [0.4, 0.5) is 82.7 Å². The molecule has 0 saturated heterocycles. The molecule has 5 atom stereocenters. The molecule has 12 nitrogen and oxygen atoms in total. The number of para-hydroxylation sites is 7. The Labute approximate surface area is 507 Å². The first-order valence-corrected chi connectivity index (χ1v) is 30.2. The maximum Gasteiger partial charge on any atom is 0.193 e. The number of anilines is 11. The van der Waals surface area contributed by atoms with E-state index in [1.165, 1.54) is 96.5 Å². The lowest BCUT2D eigenvalue weighted by Gasteiger charge is -2.24. The summed E-state index contributed by atoms with van der Waals surface area (Å²) >= 11 is 1.98. The van der Waals surface area contributed by atoms with Crippen molar-refractivity contribution < 1.29 is 8.78 Å². The van der Waals surface area contributed by atoms with E-state index in [0.29, 0.717) is 41.5 Å². The molecule has 86 heavy (non-hydrogen) atoms. The summed E-state index contributed by atoms with van der Waals surface area (Å²) in [5, 5.41) is 0.636. The standard InChI is InChI=1S/C18H17N3.C16H13N3.C14H13N3.C12H12F2N2.C11H11NS/c1-11-9-16-13(12(2)18(11)19-3)10-17-20(4)14-7-5-6-8-15(14)21(16)17;1-17-12-7-8-13-11(9-12)10-16-18(2)14-5-3-4-6-15(14)19(13)16;1-16-12-4-2-3-5-13(12)17-11-6-7-15-9-10(11)8-14(16)17;1-7-6-16-11-4-8(13)3-10(14)9(11)5-12(16)15(7)2;1-8-7-12-10-5-3-2-4-9(10)6-11(12)13-8/h5-9,17H,10H2,1-2,4H3;3-9,16H,10H2,2H3;2-7,9,14H,8H2,1H3;3-4,6,12H,5H2,1-2H3;2-5,7,11H,6H2,1H3. The lowest BCUT2D eigenvalue weighted by atomic mass is 9.99. The van der Waals surface area contributed by atoms with Gasteiger partial charge in [-0.25, -0.2) is 18.5 Å². The van der Waals surface area contributed by atoms with E-state index in [1.54, 1.807) is 0 Å². The van der Waals surface area contributed by atoms with Gasteiger partial charge in [-0.15, -0.1) is 11.8 Å². The number of aromatic nitrogens is 1. The van der Waals surface area contributed by atoms with Gasteiger partial charge in [0.1, 0.15) is 36.3 Å². The molecular formula is C71H66F2N12S. The monoisotopic (exact) mass is 1160 g/mol. The quantitative estimate of drug-likeness (QED) is 0.137. The van der Waals surface area contributed by atoms with Crippen LogP contribution in [0.5, 0.6) is 0 Å². The molecule has 0 aliphatic carbocycles. The van der Waals surface area contributed by atoms with Gasteiger partial charge in [-0.2, -0.15) is 0 Å². The predicted octanol–water partition coefficient (Wildman–Crippen LogP) is 16.0. The van der Waals surface area contributed by atoms with E-state index in [9.17, 15) is 8.78 Å². The van der Waals surface area contributed by atoms with E-state index in [1.807, 2.05) is 68.3 Å². The van der Waals surface area contributed by atoms with Gasteiger partial charge in [-0.3, -0.25) is 4.98 Å². The van der Waals surface area contributed by atoms with Crippen LogP contribution in [-0.2, 0) is 32.1 Å². The highest BCUT2D eigenvalue weighted by atomic mass is 32.2. The number of thioether (sulfide) groups is 1. The number of benzene rings is 7. The molecule has 7 aromatic carbocycles. The van der Waals surface area contributed by atoms with Gasteiger partial charge >= 0.3 is 0 Å². The second kappa shape index (κ2) is 21.3. The van der Waals surface area contributed by atoms with Gasteiger partial charge in [0.25, 0.3) is 0 Å². The molecule has 0 fully saturated rings. The molecule has 430 valence electrons. The summed E-state index contributed by atoms with van der Waals surface area (Å²) in [6.07, 6.45) is 14.1. The highest BCUT2D eigenvalue weighted by molar-refractivity contribution is 8.04. The van der Waals surface area contributed by atoms with Crippen molar-refractivity contribution in [3.63, 3.8) is 0 Å². The maximum atomic E-state index is 13.6. The zero-order valence-corrected chi connectivity index (χ0v) is 50.4. The first-order valence-electron chi connectivity index (χ1n) is 29.4. The van der Waals surface area contributed by atoms with Gasteiger partial charge in [0.15, 0.2) is 11.4 Å². The summed E-state index contributed by atoms with van der Waals surface area (Å²) < 4.78 is 26.8. The molecule has 0 bridgehead atoms. The Kier molecular flexibility index (Phi) is 13.5. The Hall–Kier alpha value is -9.44. The normalized spacial score (nSPS) is 20.4. The summed E-state index contributed by atoms with van der Waals surface area (Å²) in [6.45, 7) is 22.8. The number of halogens is 2. The molecule has 15 heteroatoms. The summed E-state index contributed by atoms with van der Waals surface area (Å²) in [6, 6.07) is 47.0. The number of allylic oxidation sites excluding steroid dienone is 2. The molecule has 10 aliphatic rings. The zero-order valence-electron chi connectivity index (χ0n) is 49.5. The molecule has 0 spiro atoms. The number of rotatable bonds is 0. The number of likely N-dealkylation sites (N-methyl/N-ethyl adjacent to an activating group) is 4. The average Bonchev–Trinajstić information content (AvgIpc) is 1.68. The van der Waals surface area contributed by atoms with Crippen LogP contribution in [0.3, 0.4) is 0 Å². The van der Waals surface area contributed by atoms with Gasteiger partial charge in [-0.1, -0.05) is 66.7 Å². The minimum absolute atomic E-state index is 0.103. The van der Waals surface area contributed by atoms with Crippen LogP contribution in [0.25, 0.3) is 9.69 Å². The number of fused-ring (bicyclic) bond motifs is 21. The molecule has 0 N–H and O–H groups in total. The van der Waals surface area contributed by atoms with Crippen molar-refractivity contribution in [1.29, 1.82) is 0 Å². The van der Waals surface area contributed by atoms with E-state index in [0.717, 1.165) is 53.5 Å². The van der Waals surface area contributed by atoms with Crippen molar-refractivity contribution in [2.75, 3.05) is 67.4 Å². The fraction of sp³-hybridized carbons (Fsp3) is 0.254. The maximum absolute atomic E-state index is 13.6. The molecule has 0 amide bonds. The number of hydrogen-bond acceptors (Lipinski definition) is 11. The third-order valence-corrected chi connectivity index (χ3v) is 20.0. The van der Waals surface area contributed by atoms with Crippen LogP contribution in [-0.4, -0.2) is 68.1 Å².